The SMILES string of the molecule is CC(C)(C)OC(=O)Nc1ccc2nc3n(c(=O)c2c1)-c1ccc(C#N)cc1C3=O. The summed E-state index contributed by atoms with van der Waals surface area (Å²) in [4.78, 5) is 42.1. The van der Waals surface area contributed by atoms with E-state index in [1.54, 1.807) is 45.0 Å². The van der Waals surface area contributed by atoms with Gasteiger partial charge in [-0.05, 0) is 57.2 Å². The molecule has 1 aliphatic rings. The van der Waals surface area contributed by atoms with Gasteiger partial charge in [0.15, 0.2) is 5.82 Å². The molecule has 4 rings (SSSR count). The van der Waals surface area contributed by atoms with E-state index in [4.69, 9.17) is 10.00 Å². The molecule has 0 saturated carbocycles. The molecule has 0 spiro atoms. The van der Waals surface area contributed by atoms with E-state index < -0.39 is 23.0 Å². The average molecular weight is 388 g/mol. The Morgan fingerprint density at radius 2 is 1.93 bits per heavy atom. The normalized spacial score (nSPS) is 12.3. The largest absolute Gasteiger partial charge is 0.444 e. The second-order valence-corrected chi connectivity index (χ2v) is 7.61. The molecule has 0 fully saturated rings. The number of ether oxygens (including phenoxy) is 1. The lowest BCUT2D eigenvalue weighted by Gasteiger charge is -2.19. The second-order valence-electron chi connectivity index (χ2n) is 7.61. The Morgan fingerprint density at radius 3 is 2.62 bits per heavy atom. The zero-order valence-corrected chi connectivity index (χ0v) is 15.9. The fourth-order valence-corrected chi connectivity index (χ4v) is 3.16. The third-order valence-corrected chi connectivity index (χ3v) is 4.33. The summed E-state index contributed by atoms with van der Waals surface area (Å²) in [6.45, 7) is 5.25. The molecule has 1 N–H and O–H groups in total. The van der Waals surface area contributed by atoms with Crippen LogP contribution in [-0.2, 0) is 4.74 Å². The van der Waals surface area contributed by atoms with Crippen molar-refractivity contribution >= 4 is 28.5 Å². The Labute approximate surface area is 165 Å². The molecule has 2 heterocycles. The number of carbonyl (C=O) groups is 2. The van der Waals surface area contributed by atoms with E-state index in [-0.39, 0.29) is 16.8 Å². The summed E-state index contributed by atoms with van der Waals surface area (Å²) in [5, 5.41) is 11.9. The molecule has 0 radical (unpaired) electrons. The molecule has 1 amide bonds. The maximum atomic E-state index is 13.1. The van der Waals surface area contributed by atoms with Gasteiger partial charge in [-0.2, -0.15) is 5.26 Å². The standard InChI is InChI=1S/C21H16N4O4/c1-21(2,3)29-20(28)23-12-5-6-15-13(9-12)19(27)25-16-7-4-11(10-22)8-14(16)17(26)18(25)24-15/h4-9H,1-3H3,(H,23,28). The van der Waals surface area contributed by atoms with E-state index >= 15 is 0 Å². The van der Waals surface area contributed by atoms with Crippen LogP contribution in [0.4, 0.5) is 10.5 Å². The predicted molar refractivity (Wildman–Crippen MR) is 105 cm³/mol. The summed E-state index contributed by atoms with van der Waals surface area (Å²) in [5.41, 5.74) is 0.578. The number of hydrogen-bond donors (Lipinski definition) is 1. The lowest BCUT2D eigenvalue weighted by Crippen LogP contribution is -2.27. The highest BCUT2D eigenvalue weighted by Gasteiger charge is 2.30. The van der Waals surface area contributed by atoms with E-state index in [0.717, 1.165) is 0 Å². The van der Waals surface area contributed by atoms with Gasteiger partial charge in [0.1, 0.15) is 5.60 Å². The lowest BCUT2D eigenvalue weighted by atomic mass is 10.1. The molecule has 29 heavy (non-hydrogen) atoms. The summed E-state index contributed by atoms with van der Waals surface area (Å²) in [7, 11) is 0. The number of anilines is 1. The van der Waals surface area contributed by atoms with E-state index in [0.29, 0.717) is 22.5 Å². The van der Waals surface area contributed by atoms with Crippen LogP contribution in [0, 0.1) is 11.3 Å². The zero-order valence-electron chi connectivity index (χ0n) is 15.9. The predicted octanol–water partition coefficient (Wildman–Crippen LogP) is 3.15. The van der Waals surface area contributed by atoms with Crippen LogP contribution in [0.25, 0.3) is 16.6 Å². The lowest BCUT2D eigenvalue weighted by molar-refractivity contribution is 0.0636. The zero-order chi connectivity index (χ0) is 20.9. The molecule has 8 nitrogen and oxygen atoms in total. The van der Waals surface area contributed by atoms with Crippen LogP contribution >= 0.6 is 0 Å². The van der Waals surface area contributed by atoms with Crippen LogP contribution in [-0.4, -0.2) is 27.0 Å². The maximum Gasteiger partial charge on any atom is 0.412 e. The molecule has 0 atom stereocenters. The van der Waals surface area contributed by atoms with Crippen LogP contribution in [0.1, 0.15) is 42.5 Å². The van der Waals surface area contributed by atoms with Crippen LogP contribution in [0.15, 0.2) is 41.2 Å². The number of nitrogens with zero attached hydrogens (tertiary/aromatic N) is 3. The number of benzene rings is 2. The van der Waals surface area contributed by atoms with Gasteiger partial charge in [-0.1, -0.05) is 0 Å². The van der Waals surface area contributed by atoms with Crippen molar-refractivity contribution in [3.05, 3.63) is 63.7 Å². The smallest absolute Gasteiger partial charge is 0.412 e. The quantitative estimate of drug-likeness (QED) is 0.536. The number of ketones is 1. The minimum absolute atomic E-state index is 0.000409. The first-order valence-corrected chi connectivity index (χ1v) is 8.84. The van der Waals surface area contributed by atoms with Gasteiger partial charge in [0.25, 0.3) is 5.56 Å². The highest BCUT2D eigenvalue weighted by molar-refractivity contribution is 6.13. The van der Waals surface area contributed by atoms with Gasteiger partial charge in [-0.3, -0.25) is 19.5 Å². The minimum Gasteiger partial charge on any atom is -0.444 e. The van der Waals surface area contributed by atoms with Crippen LogP contribution < -0.4 is 10.9 Å². The fraction of sp³-hybridized carbons (Fsp3) is 0.190. The van der Waals surface area contributed by atoms with Crippen molar-refractivity contribution in [3.8, 4) is 11.8 Å². The Balaban J connectivity index is 1.81. The van der Waals surface area contributed by atoms with Crippen molar-refractivity contribution < 1.29 is 14.3 Å². The van der Waals surface area contributed by atoms with Crippen molar-refractivity contribution in [1.82, 2.24) is 9.55 Å². The van der Waals surface area contributed by atoms with Gasteiger partial charge in [-0.25, -0.2) is 9.78 Å². The highest BCUT2D eigenvalue weighted by Crippen LogP contribution is 2.27. The topological polar surface area (TPSA) is 114 Å². The van der Waals surface area contributed by atoms with Crippen molar-refractivity contribution in [1.29, 1.82) is 5.26 Å². The van der Waals surface area contributed by atoms with Gasteiger partial charge < -0.3 is 4.74 Å². The fourth-order valence-electron chi connectivity index (χ4n) is 3.16. The maximum absolute atomic E-state index is 13.1. The molecule has 0 bridgehead atoms. The molecule has 0 saturated heterocycles. The number of nitriles is 1. The Bertz CT molecular complexity index is 1310. The van der Waals surface area contributed by atoms with E-state index in [2.05, 4.69) is 10.3 Å². The Morgan fingerprint density at radius 1 is 1.17 bits per heavy atom. The molecule has 144 valence electrons. The summed E-state index contributed by atoms with van der Waals surface area (Å²) in [5.74, 6) is -0.410. The number of aromatic nitrogens is 2. The van der Waals surface area contributed by atoms with Gasteiger partial charge in [0, 0.05) is 5.69 Å². The molecular formula is C21H16N4O4. The first kappa shape index (κ1) is 18.4. The number of carbonyl (C=O) groups excluding carboxylic acids is 2. The molecule has 2 aromatic carbocycles. The van der Waals surface area contributed by atoms with Crippen LogP contribution in [0.2, 0.25) is 0 Å². The Kier molecular flexibility index (Phi) is 3.98. The summed E-state index contributed by atoms with van der Waals surface area (Å²) < 4.78 is 6.45. The summed E-state index contributed by atoms with van der Waals surface area (Å²) >= 11 is 0. The third-order valence-electron chi connectivity index (χ3n) is 4.33. The van der Waals surface area contributed by atoms with Crippen molar-refractivity contribution in [2.24, 2.45) is 0 Å². The number of fused-ring (bicyclic) bond motifs is 4. The van der Waals surface area contributed by atoms with Gasteiger partial charge in [0.2, 0.25) is 5.78 Å². The number of hydrogen-bond acceptors (Lipinski definition) is 6. The first-order chi connectivity index (χ1) is 13.7. The van der Waals surface area contributed by atoms with Crippen molar-refractivity contribution in [3.63, 3.8) is 0 Å². The number of rotatable bonds is 1. The first-order valence-electron chi connectivity index (χ1n) is 8.84. The van der Waals surface area contributed by atoms with Gasteiger partial charge in [-0.15, -0.1) is 0 Å². The average Bonchev–Trinajstić information content (AvgIpc) is 2.93. The number of amides is 1. The van der Waals surface area contributed by atoms with Gasteiger partial charge >= 0.3 is 6.09 Å². The van der Waals surface area contributed by atoms with E-state index in [9.17, 15) is 14.4 Å². The summed E-state index contributed by atoms with van der Waals surface area (Å²) in [6.07, 6.45) is -0.643. The minimum atomic E-state index is -0.658. The molecular weight excluding hydrogens is 372 g/mol. The van der Waals surface area contributed by atoms with Crippen molar-refractivity contribution in [2.45, 2.75) is 26.4 Å². The molecule has 1 aliphatic heterocycles. The van der Waals surface area contributed by atoms with Crippen LogP contribution in [0.3, 0.4) is 0 Å². The monoisotopic (exact) mass is 388 g/mol. The molecule has 0 unspecified atom stereocenters. The number of nitrogens with one attached hydrogen (secondary N) is 1. The second kappa shape index (κ2) is 6.27. The molecule has 8 heteroatoms. The third kappa shape index (κ3) is 3.12. The molecule has 0 aliphatic carbocycles. The highest BCUT2D eigenvalue weighted by atomic mass is 16.6. The van der Waals surface area contributed by atoms with E-state index in [1.165, 1.54) is 16.7 Å². The van der Waals surface area contributed by atoms with Crippen molar-refractivity contribution in [2.75, 3.05) is 5.32 Å². The molecule has 3 aromatic rings. The summed E-state index contributed by atoms with van der Waals surface area (Å²) in [6, 6.07) is 11.2. The van der Waals surface area contributed by atoms with E-state index in [1.807, 2.05) is 6.07 Å². The Hall–Kier alpha value is -3.99. The molecule has 1 aromatic heterocycles. The van der Waals surface area contributed by atoms with Gasteiger partial charge in [0.05, 0.1) is 33.8 Å². The van der Waals surface area contributed by atoms with Crippen LogP contribution in [0.5, 0.6) is 0 Å².